The van der Waals surface area contributed by atoms with E-state index in [9.17, 15) is 25.0 Å². The summed E-state index contributed by atoms with van der Waals surface area (Å²) in [6, 6.07) is 2.22. The number of nitro benzene ring substituents is 2. The quantitative estimate of drug-likeness (QED) is 0.515. The van der Waals surface area contributed by atoms with Gasteiger partial charge in [0.15, 0.2) is 0 Å². The van der Waals surface area contributed by atoms with Crippen LogP contribution in [0.25, 0.3) is 0 Å². The van der Waals surface area contributed by atoms with Gasteiger partial charge in [-0.15, -0.1) is 23.5 Å². The van der Waals surface area contributed by atoms with Crippen molar-refractivity contribution < 1.29 is 24.9 Å². The maximum Gasteiger partial charge on any atom is 0.336 e. The van der Waals surface area contributed by atoms with Crippen molar-refractivity contribution in [3.05, 3.63) is 44.0 Å². The Bertz CT molecular complexity index is 578. The van der Waals surface area contributed by atoms with Crippen molar-refractivity contribution in [1.82, 2.24) is 0 Å². The van der Waals surface area contributed by atoms with E-state index in [1.165, 1.54) is 19.3 Å². The third-order valence-electron chi connectivity index (χ3n) is 3.38. The minimum absolute atomic E-state index is 0.361. The number of aliphatic hydroxyl groups excluding tert-OH is 1. The highest BCUT2D eigenvalue weighted by Gasteiger charge is 2.24. The van der Waals surface area contributed by atoms with Crippen LogP contribution in [0.1, 0.15) is 36.5 Å². The van der Waals surface area contributed by atoms with Crippen LogP contribution in [0.5, 0.6) is 0 Å². The molecular weight excluding hydrogens is 384 g/mol. The Morgan fingerprint density at radius 1 is 1.23 bits per heavy atom. The van der Waals surface area contributed by atoms with Crippen LogP contribution in [-0.4, -0.2) is 48.2 Å². The van der Waals surface area contributed by atoms with Gasteiger partial charge in [0.2, 0.25) is 0 Å². The maximum absolute atomic E-state index is 10.5. The van der Waals surface area contributed by atoms with Gasteiger partial charge >= 0.3 is 5.97 Å². The lowest BCUT2D eigenvalue weighted by atomic mass is 10.2. The number of benzene rings is 1. The minimum atomic E-state index is -1.46. The fourth-order valence-corrected chi connectivity index (χ4v) is 5.31. The molecule has 1 fully saturated rings. The van der Waals surface area contributed by atoms with E-state index in [4.69, 9.17) is 10.2 Å². The van der Waals surface area contributed by atoms with E-state index in [0.717, 1.165) is 22.5 Å². The second-order valence-electron chi connectivity index (χ2n) is 5.40. The Morgan fingerprint density at radius 3 is 2.19 bits per heavy atom. The molecule has 0 unspecified atom stereocenters. The first-order valence-corrected chi connectivity index (χ1v) is 9.82. The predicted octanol–water partition coefficient (Wildman–Crippen LogP) is 3.54. The van der Waals surface area contributed by atoms with E-state index >= 15 is 0 Å². The molecule has 2 rings (SSSR count). The molecule has 0 aliphatic carbocycles. The van der Waals surface area contributed by atoms with Gasteiger partial charge in [0.05, 0.1) is 32.7 Å². The summed E-state index contributed by atoms with van der Waals surface area (Å²) >= 11 is 3.98. The maximum atomic E-state index is 10.5. The number of carboxylic acid groups (broad SMARTS) is 1. The number of carbonyl (C=O) groups is 1. The van der Waals surface area contributed by atoms with Crippen molar-refractivity contribution in [2.45, 2.75) is 36.0 Å². The van der Waals surface area contributed by atoms with Crippen LogP contribution in [-0.2, 0) is 0 Å². The van der Waals surface area contributed by atoms with E-state index in [0.29, 0.717) is 17.9 Å². The van der Waals surface area contributed by atoms with Crippen LogP contribution in [0, 0.1) is 20.2 Å². The third kappa shape index (κ3) is 7.18. The molecule has 0 aromatic heterocycles. The molecule has 144 valence electrons. The van der Waals surface area contributed by atoms with Crippen molar-refractivity contribution in [2.75, 3.05) is 12.4 Å². The summed E-state index contributed by atoms with van der Waals surface area (Å²) in [5.74, 6) is -0.308. The Balaban J connectivity index is 0.000000273. The number of unbranched alkanes of at least 4 members (excludes halogenated alkanes) is 1. The Labute approximate surface area is 158 Å². The summed E-state index contributed by atoms with van der Waals surface area (Å²) in [6.45, 7) is 2.59. The van der Waals surface area contributed by atoms with Gasteiger partial charge in [0.1, 0.15) is 0 Å². The summed E-state index contributed by atoms with van der Waals surface area (Å²) in [4.78, 5) is 29.4. The molecule has 1 saturated heterocycles. The van der Waals surface area contributed by atoms with E-state index in [-0.39, 0.29) is 0 Å². The highest BCUT2D eigenvalue weighted by atomic mass is 32.2. The molecule has 2 N–H and O–H groups in total. The number of aliphatic hydroxyl groups is 1. The van der Waals surface area contributed by atoms with Crippen molar-refractivity contribution in [3.63, 3.8) is 0 Å². The molecule has 0 bridgehead atoms. The fourth-order valence-electron chi connectivity index (χ4n) is 2.06. The van der Waals surface area contributed by atoms with Gasteiger partial charge in [-0.05, 0) is 6.42 Å². The van der Waals surface area contributed by atoms with E-state index in [1.54, 1.807) is 0 Å². The lowest BCUT2D eigenvalue weighted by Crippen LogP contribution is -2.06. The van der Waals surface area contributed by atoms with Gasteiger partial charge in [0, 0.05) is 23.1 Å². The zero-order valence-corrected chi connectivity index (χ0v) is 15.7. The number of hydrogen-bond acceptors (Lipinski definition) is 8. The van der Waals surface area contributed by atoms with Crippen molar-refractivity contribution >= 4 is 40.9 Å². The smallest absolute Gasteiger partial charge is 0.336 e. The Morgan fingerprint density at radius 2 is 1.81 bits per heavy atom. The lowest BCUT2D eigenvalue weighted by molar-refractivity contribution is -0.394. The SMILES string of the molecule is CCCC[C@@H]1SC[C@H](CO)S1.O=C(O)c1cc([N+](=O)[O-])cc([N+](=O)[O-])c1. The summed E-state index contributed by atoms with van der Waals surface area (Å²) in [7, 11) is 0. The van der Waals surface area contributed by atoms with Crippen LogP contribution in [0.3, 0.4) is 0 Å². The minimum Gasteiger partial charge on any atom is -0.478 e. The van der Waals surface area contributed by atoms with E-state index in [2.05, 4.69) is 6.92 Å². The highest BCUT2D eigenvalue weighted by molar-refractivity contribution is 8.20. The van der Waals surface area contributed by atoms with Gasteiger partial charge < -0.3 is 10.2 Å². The molecule has 1 aromatic rings. The second-order valence-corrected chi connectivity index (χ2v) is 8.45. The van der Waals surface area contributed by atoms with Crippen LogP contribution in [0.15, 0.2) is 18.2 Å². The number of hydrogen-bond donors (Lipinski definition) is 2. The number of non-ortho nitro benzene ring substituents is 2. The number of carboxylic acids is 1. The molecule has 1 aliphatic heterocycles. The topological polar surface area (TPSA) is 144 Å². The van der Waals surface area contributed by atoms with Crippen LogP contribution >= 0.6 is 23.5 Å². The molecule has 0 radical (unpaired) electrons. The molecule has 0 spiro atoms. The average Bonchev–Trinajstić information content (AvgIpc) is 3.08. The monoisotopic (exact) mass is 404 g/mol. The molecule has 26 heavy (non-hydrogen) atoms. The largest absolute Gasteiger partial charge is 0.478 e. The summed E-state index contributed by atoms with van der Waals surface area (Å²) in [5, 5.41) is 38.6. The Kier molecular flexibility index (Phi) is 9.38. The molecular formula is C15H20N2O7S2. The lowest BCUT2D eigenvalue weighted by Gasteiger charge is -2.06. The first-order chi connectivity index (χ1) is 12.3. The van der Waals surface area contributed by atoms with Crippen molar-refractivity contribution in [3.8, 4) is 0 Å². The molecule has 0 saturated carbocycles. The standard InChI is InChI=1S/C8H16OS2.C7H4N2O6/c1-2-3-4-8-10-6-7(5-9)11-8;10-7(11)4-1-5(8(12)13)3-6(2-4)9(14)15/h7-9H,2-6H2,1H3;1-3H,(H,10,11)/t7-,8+;/m0./s1. The molecule has 9 nitrogen and oxygen atoms in total. The zero-order chi connectivity index (χ0) is 19.7. The van der Waals surface area contributed by atoms with Gasteiger partial charge in [-0.1, -0.05) is 19.8 Å². The van der Waals surface area contributed by atoms with Crippen molar-refractivity contribution in [1.29, 1.82) is 0 Å². The first kappa shape index (κ1) is 22.2. The highest BCUT2D eigenvalue weighted by Crippen LogP contribution is 2.40. The molecule has 1 aliphatic rings. The Hall–Kier alpha value is -1.85. The summed E-state index contributed by atoms with van der Waals surface area (Å²) < 4.78 is 0.770. The number of nitrogens with zero attached hydrogens (tertiary/aromatic N) is 2. The number of thioether (sulfide) groups is 2. The van der Waals surface area contributed by atoms with Gasteiger partial charge in [-0.25, -0.2) is 4.79 Å². The number of nitro groups is 2. The van der Waals surface area contributed by atoms with Crippen LogP contribution < -0.4 is 0 Å². The van der Waals surface area contributed by atoms with Gasteiger partial charge in [-0.2, -0.15) is 0 Å². The molecule has 1 heterocycles. The third-order valence-corrected chi connectivity index (χ3v) is 6.78. The van der Waals surface area contributed by atoms with Crippen LogP contribution in [0.4, 0.5) is 11.4 Å². The fraction of sp³-hybridized carbons (Fsp3) is 0.533. The van der Waals surface area contributed by atoms with E-state index in [1.807, 2.05) is 23.5 Å². The van der Waals surface area contributed by atoms with Crippen LogP contribution in [0.2, 0.25) is 0 Å². The number of aromatic carboxylic acids is 1. The molecule has 0 amide bonds. The first-order valence-electron chi connectivity index (χ1n) is 7.83. The zero-order valence-electron chi connectivity index (χ0n) is 14.1. The second kappa shape index (κ2) is 11.0. The summed E-state index contributed by atoms with van der Waals surface area (Å²) in [5.41, 5.74) is -1.74. The molecule has 1 aromatic carbocycles. The van der Waals surface area contributed by atoms with Gasteiger partial charge in [0.25, 0.3) is 11.4 Å². The predicted molar refractivity (Wildman–Crippen MR) is 101 cm³/mol. The summed E-state index contributed by atoms with van der Waals surface area (Å²) in [6.07, 6.45) is 3.95. The number of rotatable bonds is 7. The molecule has 2 atom stereocenters. The average molecular weight is 404 g/mol. The van der Waals surface area contributed by atoms with Crippen molar-refractivity contribution in [2.24, 2.45) is 0 Å². The van der Waals surface area contributed by atoms with Gasteiger partial charge in [-0.3, -0.25) is 20.2 Å². The van der Waals surface area contributed by atoms with E-state index < -0.39 is 32.8 Å². The molecule has 11 heteroatoms. The normalized spacial score (nSPS) is 18.7.